The van der Waals surface area contributed by atoms with Crippen LogP contribution < -0.4 is 4.74 Å². The normalized spacial score (nSPS) is 9.44. The lowest BCUT2D eigenvalue weighted by molar-refractivity contribution is 0.317. The van der Waals surface area contributed by atoms with Crippen molar-refractivity contribution in [3.63, 3.8) is 0 Å². The maximum absolute atomic E-state index is 5.20. The maximum atomic E-state index is 5.20. The van der Waals surface area contributed by atoms with Gasteiger partial charge in [-0.15, -0.1) is 0 Å². The zero-order valence-electron chi connectivity index (χ0n) is 5.42. The highest BCUT2D eigenvalue weighted by Crippen LogP contribution is 2.03. The van der Waals surface area contributed by atoms with Gasteiger partial charge in [-0.1, -0.05) is 6.92 Å². The summed E-state index contributed by atoms with van der Waals surface area (Å²) in [6.07, 6.45) is 4.43. The molecule has 0 unspecified atom stereocenters. The molecular formula is C6H10N2O. The van der Waals surface area contributed by atoms with Crippen LogP contribution in [0.25, 0.3) is 0 Å². The summed E-state index contributed by atoms with van der Waals surface area (Å²) in [5.74, 6) is 0.817. The number of ether oxygens (including phenoxy) is 1. The van der Waals surface area contributed by atoms with E-state index in [0.29, 0.717) is 0 Å². The standard InChI is InChI=1S/C6H10N2O/c1-2-3-9-6-4-7-8-5-6/h4-5H,2-3H2,1H3,(H,7,8). The highest BCUT2D eigenvalue weighted by Gasteiger charge is 1.89. The van der Waals surface area contributed by atoms with Crippen LogP contribution >= 0.6 is 0 Å². The SMILES string of the molecule is CCCOc1cn[nH]c1. The highest BCUT2D eigenvalue weighted by atomic mass is 16.5. The van der Waals surface area contributed by atoms with Crippen molar-refractivity contribution in [3.8, 4) is 5.75 Å². The summed E-state index contributed by atoms with van der Waals surface area (Å²) < 4.78 is 5.20. The second-order valence-corrected chi connectivity index (χ2v) is 1.78. The molecule has 0 saturated carbocycles. The first-order chi connectivity index (χ1) is 4.43. The molecule has 0 atom stereocenters. The summed E-state index contributed by atoms with van der Waals surface area (Å²) in [6.45, 7) is 2.83. The van der Waals surface area contributed by atoms with E-state index in [1.165, 1.54) is 0 Å². The molecule has 1 rings (SSSR count). The number of aromatic nitrogens is 2. The van der Waals surface area contributed by atoms with Crippen molar-refractivity contribution in [2.45, 2.75) is 13.3 Å². The largest absolute Gasteiger partial charge is 0.490 e. The fourth-order valence-corrected chi connectivity index (χ4v) is 0.538. The Balaban J connectivity index is 2.30. The minimum atomic E-state index is 0.763. The Morgan fingerprint density at radius 2 is 2.67 bits per heavy atom. The number of rotatable bonds is 3. The average molecular weight is 126 g/mol. The molecule has 50 valence electrons. The fourth-order valence-electron chi connectivity index (χ4n) is 0.538. The summed E-state index contributed by atoms with van der Waals surface area (Å²) in [5, 5.41) is 6.39. The van der Waals surface area contributed by atoms with Crippen LogP contribution in [0.3, 0.4) is 0 Å². The Hall–Kier alpha value is -0.990. The first-order valence-electron chi connectivity index (χ1n) is 3.05. The van der Waals surface area contributed by atoms with E-state index in [2.05, 4.69) is 17.1 Å². The van der Waals surface area contributed by atoms with E-state index in [-0.39, 0.29) is 0 Å². The summed E-state index contributed by atoms with van der Waals surface area (Å²) in [7, 11) is 0. The minimum Gasteiger partial charge on any atom is -0.490 e. The predicted octanol–water partition coefficient (Wildman–Crippen LogP) is 1.20. The molecule has 0 saturated heterocycles. The van der Waals surface area contributed by atoms with E-state index in [0.717, 1.165) is 18.8 Å². The molecule has 1 aromatic rings. The van der Waals surface area contributed by atoms with Gasteiger partial charge in [0.05, 0.1) is 19.0 Å². The lowest BCUT2D eigenvalue weighted by Gasteiger charge is -1.96. The first kappa shape index (κ1) is 6.13. The molecule has 1 heterocycles. The molecule has 0 bridgehead atoms. The Kier molecular flexibility index (Phi) is 2.13. The molecule has 3 nitrogen and oxygen atoms in total. The van der Waals surface area contributed by atoms with E-state index in [9.17, 15) is 0 Å². The molecule has 0 aliphatic rings. The molecule has 1 N–H and O–H groups in total. The van der Waals surface area contributed by atoms with Crippen molar-refractivity contribution >= 4 is 0 Å². The molecular weight excluding hydrogens is 116 g/mol. The van der Waals surface area contributed by atoms with Gasteiger partial charge < -0.3 is 4.74 Å². The first-order valence-corrected chi connectivity index (χ1v) is 3.05. The molecule has 9 heavy (non-hydrogen) atoms. The molecule has 0 amide bonds. The van der Waals surface area contributed by atoms with Crippen molar-refractivity contribution in [2.75, 3.05) is 6.61 Å². The second-order valence-electron chi connectivity index (χ2n) is 1.78. The number of hydrogen-bond acceptors (Lipinski definition) is 2. The van der Waals surface area contributed by atoms with Crippen molar-refractivity contribution in [1.29, 1.82) is 0 Å². The van der Waals surface area contributed by atoms with Gasteiger partial charge in [-0.3, -0.25) is 5.10 Å². The van der Waals surface area contributed by atoms with Gasteiger partial charge in [0.15, 0.2) is 5.75 Å². The van der Waals surface area contributed by atoms with Crippen LogP contribution in [0, 0.1) is 0 Å². The van der Waals surface area contributed by atoms with Crippen LogP contribution in [-0.2, 0) is 0 Å². The third-order valence-electron chi connectivity index (χ3n) is 0.946. The molecule has 0 radical (unpaired) electrons. The van der Waals surface area contributed by atoms with E-state index >= 15 is 0 Å². The molecule has 0 aliphatic carbocycles. The zero-order chi connectivity index (χ0) is 6.53. The maximum Gasteiger partial charge on any atom is 0.156 e. The molecule has 3 heteroatoms. The molecule has 0 aromatic carbocycles. The van der Waals surface area contributed by atoms with Gasteiger partial charge in [-0.05, 0) is 6.42 Å². The van der Waals surface area contributed by atoms with Crippen molar-refractivity contribution in [1.82, 2.24) is 10.2 Å². The topological polar surface area (TPSA) is 37.9 Å². The van der Waals surface area contributed by atoms with Crippen molar-refractivity contribution in [2.24, 2.45) is 0 Å². The summed E-state index contributed by atoms with van der Waals surface area (Å²) in [4.78, 5) is 0. The van der Waals surface area contributed by atoms with Gasteiger partial charge in [-0.25, -0.2) is 0 Å². The number of aromatic amines is 1. The summed E-state index contributed by atoms with van der Waals surface area (Å²) in [5.41, 5.74) is 0. The van der Waals surface area contributed by atoms with Gasteiger partial charge in [-0.2, -0.15) is 5.10 Å². The van der Waals surface area contributed by atoms with Gasteiger partial charge in [0.25, 0.3) is 0 Å². The van der Waals surface area contributed by atoms with Crippen LogP contribution in [0.15, 0.2) is 12.4 Å². The lowest BCUT2D eigenvalue weighted by Crippen LogP contribution is -1.92. The average Bonchev–Trinajstić information content (AvgIpc) is 2.34. The number of nitrogens with one attached hydrogen (secondary N) is 1. The zero-order valence-corrected chi connectivity index (χ0v) is 5.42. The van der Waals surface area contributed by atoms with E-state index in [4.69, 9.17) is 4.74 Å². The molecule has 0 spiro atoms. The Morgan fingerprint density at radius 3 is 3.22 bits per heavy atom. The van der Waals surface area contributed by atoms with E-state index in [1.807, 2.05) is 0 Å². The van der Waals surface area contributed by atoms with Gasteiger partial charge in [0.1, 0.15) is 0 Å². The number of hydrogen-bond donors (Lipinski definition) is 1. The molecule has 0 aliphatic heterocycles. The predicted molar refractivity (Wildman–Crippen MR) is 34.4 cm³/mol. The summed E-state index contributed by atoms with van der Waals surface area (Å²) in [6, 6.07) is 0. The van der Waals surface area contributed by atoms with Gasteiger partial charge in [0.2, 0.25) is 0 Å². The minimum absolute atomic E-state index is 0.763. The number of nitrogens with zero attached hydrogens (tertiary/aromatic N) is 1. The van der Waals surface area contributed by atoms with Crippen molar-refractivity contribution in [3.05, 3.63) is 12.4 Å². The molecule has 0 fully saturated rings. The smallest absolute Gasteiger partial charge is 0.156 e. The van der Waals surface area contributed by atoms with Crippen LogP contribution in [-0.4, -0.2) is 16.8 Å². The Labute approximate surface area is 54.0 Å². The third kappa shape index (κ3) is 1.76. The van der Waals surface area contributed by atoms with E-state index < -0.39 is 0 Å². The highest BCUT2D eigenvalue weighted by molar-refractivity contribution is 5.09. The van der Waals surface area contributed by atoms with Crippen LogP contribution in [0.1, 0.15) is 13.3 Å². The van der Waals surface area contributed by atoms with E-state index in [1.54, 1.807) is 12.4 Å². The fraction of sp³-hybridized carbons (Fsp3) is 0.500. The molecule has 1 aromatic heterocycles. The third-order valence-corrected chi connectivity index (χ3v) is 0.946. The Morgan fingerprint density at radius 1 is 1.78 bits per heavy atom. The summed E-state index contributed by atoms with van der Waals surface area (Å²) >= 11 is 0. The number of H-pyrrole nitrogens is 1. The van der Waals surface area contributed by atoms with Crippen molar-refractivity contribution < 1.29 is 4.74 Å². The Bertz CT molecular complexity index is 148. The van der Waals surface area contributed by atoms with Gasteiger partial charge >= 0.3 is 0 Å². The monoisotopic (exact) mass is 126 g/mol. The van der Waals surface area contributed by atoms with Gasteiger partial charge in [0, 0.05) is 0 Å². The van der Waals surface area contributed by atoms with Crippen LogP contribution in [0.2, 0.25) is 0 Å². The van der Waals surface area contributed by atoms with Crippen LogP contribution in [0.5, 0.6) is 5.75 Å². The quantitative estimate of drug-likeness (QED) is 0.660. The second kappa shape index (κ2) is 3.12. The lowest BCUT2D eigenvalue weighted by atomic mass is 10.5. The van der Waals surface area contributed by atoms with Crippen LogP contribution in [0.4, 0.5) is 0 Å².